The van der Waals surface area contributed by atoms with Gasteiger partial charge in [-0.2, -0.15) is 0 Å². The lowest BCUT2D eigenvalue weighted by molar-refractivity contribution is -0.117. The lowest BCUT2D eigenvalue weighted by Gasteiger charge is -2.05. The molecule has 0 fully saturated rings. The normalized spacial score (nSPS) is 10.6. The van der Waals surface area contributed by atoms with Crippen molar-refractivity contribution in [3.05, 3.63) is 57.3 Å². The number of imide groups is 1. The Morgan fingerprint density at radius 2 is 2.04 bits per heavy atom. The molecular weight excluding hydrogens is 448 g/mol. The van der Waals surface area contributed by atoms with Crippen LogP contribution in [0.1, 0.15) is 4.88 Å². The van der Waals surface area contributed by atoms with E-state index in [2.05, 4.69) is 36.5 Å². The molecule has 0 spiro atoms. The number of rotatable bonds is 7. The van der Waals surface area contributed by atoms with Crippen molar-refractivity contribution in [3.8, 4) is 11.3 Å². The molecule has 0 aliphatic heterocycles. The number of carbonyl (C=O) groups is 2. The summed E-state index contributed by atoms with van der Waals surface area (Å²) < 4.78 is 1.01. The van der Waals surface area contributed by atoms with Gasteiger partial charge in [0.05, 0.1) is 17.6 Å². The summed E-state index contributed by atoms with van der Waals surface area (Å²) in [7, 11) is 0. The number of imidazole rings is 1. The minimum Gasteiger partial charge on any atom is -0.337 e. The van der Waals surface area contributed by atoms with Crippen LogP contribution in [0.4, 0.5) is 4.79 Å². The lowest BCUT2D eigenvalue weighted by Crippen LogP contribution is -2.41. The van der Waals surface area contributed by atoms with Gasteiger partial charge in [-0.15, -0.1) is 11.3 Å². The van der Waals surface area contributed by atoms with Gasteiger partial charge in [0.2, 0.25) is 5.91 Å². The summed E-state index contributed by atoms with van der Waals surface area (Å²) in [6.45, 7) is 0.488. The minimum atomic E-state index is -0.479. The van der Waals surface area contributed by atoms with Gasteiger partial charge >= 0.3 is 6.03 Å². The predicted octanol–water partition coefficient (Wildman–Crippen LogP) is 4.06. The molecule has 0 aliphatic rings. The highest BCUT2D eigenvalue weighted by Crippen LogP contribution is 2.23. The third kappa shape index (κ3) is 6.23. The molecule has 0 bridgehead atoms. The fourth-order valence-electron chi connectivity index (χ4n) is 2.25. The SMILES string of the molecule is O=C(CSc1ncc(-c2ccc(Br)cc2)[nH]1)NC(=O)NCCc1cccs1. The van der Waals surface area contributed by atoms with E-state index in [1.165, 1.54) is 16.6 Å². The molecule has 9 heteroatoms. The molecule has 27 heavy (non-hydrogen) atoms. The van der Waals surface area contributed by atoms with Crippen LogP contribution in [0.3, 0.4) is 0 Å². The first kappa shape index (κ1) is 19.7. The summed E-state index contributed by atoms with van der Waals surface area (Å²) in [4.78, 5) is 32.2. The summed E-state index contributed by atoms with van der Waals surface area (Å²) in [6, 6.07) is 11.3. The van der Waals surface area contributed by atoms with E-state index < -0.39 is 6.03 Å². The third-order valence-electron chi connectivity index (χ3n) is 3.54. The van der Waals surface area contributed by atoms with Gasteiger partial charge in [-0.05, 0) is 35.6 Å². The molecule has 3 N–H and O–H groups in total. The van der Waals surface area contributed by atoms with Crippen LogP contribution in [0.25, 0.3) is 11.3 Å². The zero-order valence-electron chi connectivity index (χ0n) is 14.2. The zero-order chi connectivity index (χ0) is 19.1. The van der Waals surface area contributed by atoms with Gasteiger partial charge in [0, 0.05) is 15.9 Å². The number of carbonyl (C=O) groups excluding carboxylic acids is 2. The van der Waals surface area contributed by atoms with Crippen molar-refractivity contribution in [2.24, 2.45) is 0 Å². The highest BCUT2D eigenvalue weighted by atomic mass is 79.9. The van der Waals surface area contributed by atoms with Gasteiger partial charge in [0.1, 0.15) is 0 Å². The third-order valence-corrected chi connectivity index (χ3v) is 5.89. The van der Waals surface area contributed by atoms with E-state index >= 15 is 0 Å². The van der Waals surface area contributed by atoms with Crippen molar-refractivity contribution in [2.45, 2.75) is 11.6 Å². The molecule has 140 valence electrons. The number of benzene rings is 1. The molecule has 0 atom stereocenters. The second-order valence-electron chi connectivity index (χ2n) is 5.53. The Hall–Kier alpha value is -2.10. The quantitative estimate of drug-likeness (QED) is 0.460. The second kappa shape index (κ2) is 9.72. The monoisotopic (exact) mass is 464 g/mol. The zero-order valence-corrected chi connectivity index (χ0v) is 17.4. The highest BCUT2D eigenvalue weighted by molar-refractivity contribution is 9.10. The molecule has 3 aromatic rings. The van der Waals surface area contributed by atoms with Crippen molar-refractivity contribution in [1.29, 1.82) is 0 Å². The average Bonchev–Trinajstić information content (AvgIpc) is 3.32. The summed E-state index contributed by atoms with van der Waals surface area (Å²) in [5, 5.41) is 7.62. The van der Waals surface area contributed by atoms with Crippen LogP contribution >= 0.6 is 39.0 Å². The van der Waals surface area contributed by atoms with Gasteiger partial charge in [-0.3, -0.25) is 10.1 Å². The number of hydrogen-bond acceptors (Lipinski definition) is 5. The van der Waals surface area contributed by atoms with Gasteiger partial charge in [0.25, 0.3) is 0 Å². The van der Waals surface area contributed by atoms with E-state index in [0.717, 1.165) is 22.2 Å². The largest absolute Gasteiger partial charge is 0.337 e. The molecule has 6 nitrogen and oxygen atoms in total. The van der Waals surface area contributed by atoms with Crippen LogP contribution in [-0.4, -0.2) is 34.2 Å². The van der Waals surface area contributed by atoms with E-state index in [1.807, 2.05) is 41.8 Å². The first-order chi connectivity index (χ1) is 13.1. The molecular formula is C18H17BrN4O2S2. The molecule has 3 amide bonds. The minimum absolute atomic E-state index is 0.103. The Balaban J connectivity index is 1.40. The van der Waals surface area contributed by atoms with E-state index in [9.17, 15) is 9.59 Å². The maximum Gasteiger partial charge on any atom is 0.321 e. The molecule has 3 rings (SSSR count). The first-order valence-electron chi connectivity index (χ1n) is 8.14. The number of halogens is 1. The number of amides is 3. The number of aromatic nitrogens is 2. The van der Waals surface area contributed by atoms with Gasteiger partial charge in [0.15, 0.2) is 5.16 Å². The molecule has 0 unspecified atom stereocenters. The second-order valence-corrected chi connectivity index (χ2v) is 8.44. The predicted molar refractivity (Wildman–Crippen MR) is 112 cm³/mol. The maximum atomic E-state index is 11.9. The fourth-order valence-corrected chi connectivity index (χ4v) is 3.87. The van der Waals surface area contributed by atoms with Crippen LogP contribution in [0.2, 0.25) is 0 Å². The Kier molecular flexibility index (Phi) is 7.08. The topological polar surface area (TPSA) is 86.9 Å². The van der Waals surface area contributed by atoms with Gasteiger partial charge in [-0.25, -0.2) is 9.78 Å². The molecule has 0 aliphatic carbocycles. The van der Waals surface area contributed by atoms with Crippen molar-refractivity contribution >= 4 is 51.0 Å². The van der Waals surface area contributed by atoms with Crippen molar-refractivity contribution in [1.82, 2.24) is 20.6 Å². The van der Waals surface area contributed by atoms with E-state index in [0.29, 0.717) is 11.7 Å². The van der Waals surface area contributed by atoms with E-state index in [1.54, 1.807) is 17.5 Å². The number of H-pyrrole nitrogens is 1. The van der Waals surface area contributed by atoms with Gasteiger partial charge in [-0.1, -0.05) is 45.9 Å². The number of hydrogen-bond donors (Lipinski definition) is 3. The Morgan fingerprint density at radius 1 is 1.22 bits per heavy atom. The Morgan fingerprint density at radius 3 is 2.78 bits per heavy atom. The van der Waals surface area contributed by atoms with E-state index in [-0.39, 0.29) is 11.7 Å². The molecule has 0 saturated carbocycles. The number of thiophene rings is 1. The Labute approximate surface area is 173 Å². The first-order valence-corrected chi connectivity index (χ1v) is 10.8. The fraction of sp³-hybridized carbons (Fsp3) is 0.167. The number of thioether (sulfide) groups is 1. The van der Waals surface area contributed by atoms with E-state index in [4.69, 9.17) is 0 Å². The van der Waals surface area contributed by atoms with Crippen molar-refractivity contribution in [2.75, 3.05) is 12.3 Å². The number of urea groups is 1. The maximum absolute atomic E-state index is 11.9. The average molecular weight is 465 g/mol. The van der Waals surface area contributed by atoms with Crippen LogP contribution in [-0.2, 0) is 11.2 Å². The van der Waals surface area contributed by atoms with Gasteiger partial charge < -0.3 is 10.3 Å². The molecule has 1 aromatic carbocycles. The summed E-state index contributed by atoms with van der Waals surface area (Å²) in [5.74, 6) is -0.263. The number of nitrogens with zero attached hydrogens (tertiary/aromatic N) is 1. The van der Waals surface area contributed by atoms with Crippen molar-refractivity contribution < 1.29 is 9.59 Å². The molecule has 2 heterocycles. The van der Waals surface area contributed by atoms with Crippen LogP contribution < -0.4 is 10.6 Å². The summed E-state index contributed by atoms with van der Waals surface area (Å²) >= 11 is 6.29. The van der Waals surface area contributed by atoms with Crippen LogP contribution in [0, 0.1) is 0 Å². The number of nitrogens with one attached hydrogen (secondary N) is 3. The molecule has 2 aromatic heterocycles. The van der Waals surface area contributed by atoms with Crippen LogP contribution in [0.15, 0.2) is 57.6 Å². The summed E-state index contributed by atoms with van der Waals surface area (Å²) in [6.07, 6.45) is 2.47. The smallest absolute Gasteiger partial charge is 0.321 e. The van der Waals surface area contributed by atoms with Crippen molar-refractivity contribution in [3.63, 3.8) is 0 Å². The summed E-state index contributed by atoms with van der Waals surface area (Å²) in [5.41, 5.74) is 1.88. The number of aromatic amines is 1. The lowest BCUT2D eigenvalue weighted by atomic mass is 10.2. The molecule has 0 saturated heterocycles. The highest BCUT2D eigenvalue weighted by Gasteiger charge is 2.10. The standard InChI is InChI=1S/C18H17BrN4O2S2/c19-13-5-3-12(4-6-13)15-10-21-18(22-15)27-11-16(24)23-17(25)20-8-7-14-2-1-9-26-14/h1-6,9-10H,7-8,11H2,(H,21,22)(H2,20,23,24,25). The molecule has 0 radical (unpaired) electrons. The van der Waals surface area contributed by atoms with Crippen LogP contribution in [0.5, 0.6) is 0 Å². The Bertz CT molecular complexity index is 894.